The van der Waals surface area contributed by atoms with Crippen molar-refractivity contribution in [1.82, 2.24) is 29.6 Å². The first-order valence-corrected chi connectivity index (χ1v) is 8.66. The molecule has 0 radical (unpaired) electrons. The number of hydrogen-bond donors (Lipinski definition) is 0. The van der Waals surface area contributed by atoms with Crippen LogP contribution >= 0.6 is 23.2 Å². The topological polar surface area (TPSA) is 60.9 Å². The Morgan fingerprint density at radius 2 is 1.78 bits per heavy atom. The molecule has 0 amide bonds. The molecule has 0 bridgehead atoms. The van der Waals surface area contributed by atoms with Crippen molar-refractivity contribution in [3.63, 3.8) is 0 Å². The molecule has 0 fully saturated rings. The summed E-state index contributed by atoms with van der Waals surface area (Å²) in [5, 5.41) is 13.2. The van der Waals surface area contributed by atoms with Crippen LogP contribution in [0.4, 0.5) is 4.39 Å². The minimum Gasteiger partial charge on any atom is -0.300 e. The molecule has 132 valence electrons. The van der Waals surface area contributed by atoms with Crippen molar-refractivity contribution < 1.29 is 4.39 Å². The lowest BCUT2D eigenvalue weighted by atomic mass is 10.1. The molecule has 0 aliphatic rings. The summed E-state index contributed by atoms with van der Waals surface area (Å²) in [7, 11) is 0. The maximum Gasteiger partial charge on any atom is 0.192 e. The molecular formula is C18H9Cl2FN6. The lowest BCUT2D eigenvalue weighted by molar-refractivity contribution is 0.628. The van der Waals surface area contributed by atoms with E-state index in [2.05, 4.69) is 20.5 Å². The van der Waals surface area contributed by atoms with E-state index in [1.54, 1.807) is 12.1 Å². The molecular weight excluding hydrogens is 390 g/mol. The number of fused-ring (bicyclic) bond motifs is 3. The largest absolute Gasteiger partial charge is 0.300 e. The van der Waals surface area contributed by atoms with E-state index >= 15 is 0 Å². The fourth-order valence-corrected chi connectivity index (χ4v) is 3.37. The van der Waals surface area contributed by atoms with Gasteiger partial charge in [-0.15, -0.1) is 5.10 Å². The van der Waals surface area contributed by atoms with Crippen LogP contribution in [0.5, 0.6) is 0 Å². The Labute approximate surface area is 161 Å². The van der Waals surface area contributed by atoms with Gasteiger partial charge in [-0.1, -0.05) is 35.3 Å². The molecule has 0 atom stereocenters. The summed E-state index contributed by atoms with van der Waals surface area (Å²) in [6, 6.07) is 12.0. The Morgan fingerprint density at radius 1 is 0.963 bits per heavy atom. The molecule has 6 nitrogen and oxygen atoms in total. The molecule has 9 heteroatoms. The molecule has 2 aromatic carbocycles. The smallest absolute Gasteiger partial charge is 0.192 e. The van der Waals surface area contributed by atoms with Crippen LogP contribution in [-0.2, 0) is 0 Å². The molecule has 5 aromatic rings. The van der Waals surface area contributed by atoms with Crippen molar-refractivity contribution in [2.24, 2.45) is 0 Å². The number of tetrazole rings is 1. The van der Waals surface area contributed by atoms with Crippen molar-refractivity contribution in [3.05, 3.63) is 70.9 Å². The van der Waals surface area contributed by atoms with E-state index in [0.29, 0.717) is 22.0 Å². The lowest BCUT2D eigenvalue weighted by Crippen LogP contribution is -1.97. The van der Waals surface area contributed by atoms with Crippen LogP contribution in [0.2, 0.25) is 10.0 Å². The third kappa shape index (κ3) is 2.55. The van der Waals surface area contributed by atoms with Crippen molar-refractivity contribution >= 4 is 39.9 Å². The highest BCUT2D eigenvalue weighted by molar-refractivity contribution is 6.31. The molecule has 0 unspecified atom stereocenters. The minimum absolute atomic E-state index is 0.0348. The van der Waals surface area contributed by atoms with Crippen LogP contribution in [0.1, 0.15) is 0 Å². The van der Waals surface area contributed by atoms with Gasteiger partial charge in [0.05, 0.1) is 10.4 Å². The number of halogens is 3. The molecule has 27 heavy (non-hydrogen) atoms. The lowest BCUT2D eigenvalue weighted by Gasteiger charge is -2.05. The highest BCUT2D eigenvalue weighted by Crippen LogP contribution is 2.34. The number of nitrogens with zero attached hydrogens (tertiary/aromatic N) is 6. The van der Waals surface area contributed by atoms with Gasteiger partial charge in [-0.05, 0) is 46.3 Å². The van der Waals surface area contributed by atoms with Gasteiger partial charge in [-0.25, -0.2) is 9.37 Å². The van der Waals surface area contributed by atoms with Gasteiger partial charge < -0.3 is 4.57 Å². The van der Waals surface area contributed by atoms with E-state index < -0.39 is 5.82 Å². The molecule has 0 N–H and O–H groups in total. The standard InChI is InChI=1S/C18H9Cl2FN6/c19-11-3-1-10(2-4-11)13-8-26(12-5-6-15(21)14(20)7-12)17-16(13)18-23-24-25-27(18)9-22-17/h1-9H. The second-order valence-electron chi connectivity index (χ2n) is 5.91. The number of hydrogen-bond acceptors (Lipinski definition) is 4. The molecule has 0 saturated heterocycles. The predicted octanol–water partition coefficient (Wildman–Crippen LogP) is 4.58. The normalized spacial score (nSPS) is 11.5. The van der Waals surface area contributed by atoms with Gasteiger partial charge in [0.2, 0.25) is 0 Å². The average Bonchev–Trinajstić information content (AvgIpc) is 3.29. The van der Waals surface area contributed by atoms with E-state index in [1.807, 2.05) is 35.0 Å². The Balaban J connectivity index is 1.87. The summed E-state index contributed by atoms with van der Waals surface area (Å²) in [6.07, 6.45) is 3.43. The molecule has 0 spiro atoms. The van der Waals surface area contributed by atoms with Crippen molar-refractivity contribution in [2.45, 2.75) is 0 Å². The number of aromatic nitrogens is 6. The van der Waals surface area contributed by atoms with Crippen molar-refractivity contribution in [2.75, 3.05) is 0 Å². The van der Waals surface area contributed by atoms with E-state index in [1.165, 1.54) is 16.9 Å². The van der Waals surface area contributed by atoms with Crippen molar-refractivity contribution in [1.29, 1.82) is 0 Å². The Kier molecular flexibility index (Phi) is 3.60. The van der Waals surface area contributed by atoms with Gasteiger partial charge in [-0.3, -0.25) is 0 Å². The fourth-order valence-electron chi connectivity index (χ4n) is 3.07. The maximum atomic E-state index is 13.6. The van der Waals surface area contributed by atoms with Gasteiger partial charge in [0.1, 0.15) is 12.1 Å². The van der Waals surface area contributed by atoms with Gasteiger partial charge in [0, 0.05) is 22.5 Å². The average molecular weight is 399 g/mol. The Bertz CT molecular complexity index is 1310. The summed E-state index contributed by atoms with van der Waals surface area (Å²) in [4.78, 5) is 4.49. The third-order valence-corrected chi connectivity index (χ3v) is 4.86. The second kappa shape index (κ2) is 6.00. The van der Waals surface area contributed by atoms with Crippen molar-refractivity contribution in [3.8, 4) is 16.8 Å². The first-order chi connectivity index (χ1) is 13.1. The Morgan fingerprint density at radius 3 is 2.56 bits per heavy atom. The van der Waals surface area contributed by atoms with Crippen LogP contribution in [0, 0.1) is 5.82 Å². The first-order valence-electron chi connectivity index (χ1n) is 7.91. The summed E-state index contributed by atoms with van der Waals surface area (Å²) in [5.41, 5.74) is 3.67. The predicted molar refractivity (Wildman–Crippen MR) is 101 cm³/mol. The molecule has 5 rings (SSSR count). The summed E-state index contributed by atoms with van der Waals surface area (Å²) in [5.74, 6) is -0.480. The summed E-state index contributed by atoms with van der Waals surface area (Å²) < 4.78 is 16.9. The molecule has 3 aromatic heterocycles. The molecule has 3 heterocycles. The first kappa shape index (κ1) is 16.2. The van der Waals surface area contributed by atoms with Gasteiger partial charge in [0.25, 0.3) is 0 Å². The molecule has 0 saturated carbocycles. The highest BCUT2D eigenvalue weighted by Gasteiger charge is 2.18. The quantitative estimate of drug-likeness (QED) is 0.436. The highest BCUT2D eigenvalue weighted by atomic mass is 35.5. The van der Waals surface area contributed by atoms with Crippen LogP contribution in [-0.4, -0.2) is 29.6 Å². The number of benzene rings is 2. The molecule has 0 aliphatic heterocycles. The van der Waals surface area contributed by atoms with Crippen LogP contribution in [0.25, 0.3) is 33.5 Å². The zero-order chi connectivity index (χ0) is 18.5. The second-order valence-corrected chi connectivity index (χ2v) is 6.75. The molecule has 0 aliphatic carbocycles. The maximum absolute atomic E-state index is 13.6. The zero-order valence-corrected chi connectivity index (χ0v) is 15.0. The van der Waals surface area contributed by atoms with E-state index in [9.17, 15) is 4.39 Å². The summed E-state index contributed by atoms with van der Waals surface area (Å²) in [6.45, 7) is 0. The minimum atomic E-state index is -0.480. The Hall–Kier alpha value is -3.03. The van der Waals surface area contributed by atoms with Crippen LogP contribution < -0.4 is 0 Å². The zero-order valence-electron chi connectivity index (χ0n) is 13.5. The van der Waals surface area contributed by atoms with Crippen LogP contribution in [0.3, 0.4) is 0 Å². The van der Waals surface area contributed by atoms with E-state index in [4.69, 9.17) is 23.2 Å². The van der Waals surface area contributed by atoms with Crippen LogP contribution in [0.15, 0.2) is 55.0 Å². The van der Waals surface area contributed by atoms with E-state index in [-0.39, 0.29) is 5.02 Å². The van der Waals surface area contributed by atoms with Gasteiger partial charge in [-0.2, -0.15) is 4.52 Å². The van der Waals surface area contributed by atoms with Gasteiger partial charge >= 0.3 is 0 Å². The summed E-state index contributed by atoms with van der Waals surface area (Å²) >= 11 is 12.0. The van der Waals surface area contributed by atoms with E-state index in [0.717, 1.165) is 16.5 Å². The monoisotopic (exact) mass is 398 g/mol. The fraction of sp³-hybridized carbons (Fsp3) is 0. The third-order valence-electron chi connectivity index (χ3n) is 4.32. The SMILES string of the molecule is Fc1ccc(-n2cc(-c3ccc(Cl)cc3)c3c2ncn2nnnc32)cc1Cl. The van der Waals surface area contributed by atoms with Gasteiger partial charge in [0.15, 0.2) is 11.3 Å². The number of rotatable bonds is 2.